The van der Waals surface area contributed by atoms with Crippen molar-refractivity contribution in [2.45, 2.75) is 6.42 Å². The molecule has 3 aromatic rings. The zero-order valence-electron chi connectivity index (χ0n) is 15.3. The Morgan fingerprint density at radius 2 is 0.963 bits per heavy atom. The van der Waals surface area contributed by atoms with Crippen LogP contribution in [0.25, 0.3) is 0 Å². The van der Waals surface area contributed by atoms with Crippen molar-refractivity contribution < 1.29 is 0 Å². The van der Waals surface area contributed by atoms with Crippen molar-refractivity contribution in [2.75, 3.05) is 40.0 Å². The first kappa shape index (κ1) is 17.9. The Morgan fingerprint density at radius 1 is 0.556 bits per heavy atom. The van der Waals surface area contributed by atoms with E-state index < -0.39 is 0 Å². The third-order valence-corrected chi connectivity index (χ3v) is 5.35. The molecule has 3 nitrogen and oxygen atoms in total. The lowest BCUT2D eigenvalue weighted by molar-refractivity contribution is 0.611. The summed E-state index contributed by atoms with van der Waals surface area (Å²) in [6, 6.07) is 30.3. The molecule has 1 heterocycles. The largest absolute Gasteiger partial charge is 0.336 e. The maximum atomic E-state index is 3.52. The second-order valence-corrected chi connectivity index (χ2v) is 7.61. The molecule has 0 atom stereocenters. The monoisotopic (exact) mass is 421 g/mol. The molecule has 0 amide bonds. The van der Waals surface area contributed by atoms with Crippen molar-refractivity contribution in [1.29, 1.82) is 0 Å². The molecule has 4 rings (SSSR count). The summed E-state index contributed by atoms with van der Waals surface area (Å²) < 4.78 is 0. The Labute approximate surface area is 170 Å². The van der Waals surface area contributed by atoms with Crippen molar-refractivity contribution >= 4 is 33.0 Å². The van der Waals surface area contributed by atoms with Gasteiger partial charge in [0.25, 0.3) is 0 Å². The van der Waals surface area contributed by atoms with Gasteiger partial charge in [0.1, 0.15) is 0 Å². The molecule has 1 fully saturated rings. The first-order chi connectivity index (χ1) is 13.3. The van der Waals surface area contributed by atoms with Crippen LogP contribution >= 0.6 is 15.9 Å². The van der Waals surface area contributed by atoms with Crippen LogP contribution in [0.2, 0.25) is 0 Å². The lowest BCUT2D eigenvalue weighted by atomic mass is 10.1. The van der Waals surface area contributed by atoms with E-state index >= 15 is 0 Å². The number of hydrogen-bond acceptors (Lipinski definition) is 3. The number of halogens is 1. The fourth-order valence-electron chi connectivity index (χ4n) is 3.50. The first-order valence-electron chi connectivity index (χ1n) is 9.33. The van der Waals surface area contributed by atoms with Crippen LogP contribution in [-0.2, 0) is 6.42 Å². The standard InChI is InChI=1S/C23H24BrN3/c24-16-15-20-11-13-23(14-12-20)27-18-25(21-7-3-1-4-8-21)17-26(19-27)22-9-5-2-6-10-22/h1-14H,15-19H2. The van der Waals surface area contributed by atoms with E-state index in [1.165, 1.54) is 22.6 Å². The lowest BCUT2D eigenvalue weighted by Gasteiger charge is -2.45. The Bertz CT molecular complexity index is 789. The Kier molecular flexibility index (Phi) is 5.64. The molecule has 0 N–H and O–H groups in total. The van der Waals surface area contributed by atoms with Crippen LogP contribution in [0.15, 0.2) is 84.9 Å². The van der Waals surface area contributed by atoms with Gasteiger partial charge in [0.05, 0.1) is 20.0 Å². The van der Waals surface area contributed by atoms with Gasteiger partial charge in [0.2, 0.25) is 0 Å². The van der Waals surface area contributed by atoms with E-state index in [0.717, 1.165) is 31.8 Å². The van der Waals surface area contributed by atoms with Gasteiger partial charge >= 0.3 is 0 Å². The molecule has 4 heteroatoms. The highest BCUT2D eigenvalue weighted by Crippen LogP contribution is 2.26. The topological polar surface area (TPSA) is 9.72 Å². The van der Waals surface area contributed by atoms with Gasteiger partial charge in [-0.15, -0.1) is 0 Å². The second kappa shape index (κ2) is 8.49. The highest BCUT2D eigenvalue weighted by molar-refractivity contribution is 9.09. The summed E-state index contributed by atoms with van der Waals surface area (Å²) in [4.78, 5) is 7.27. The zero-order valence-corrected chi connectivity index (χ0v) is 16.9. The highest BCUT2D eigenvalue weighted by atomic mass is 79.9. The van der Waals surface area contributed by atoms with E-state index in [1.807, 2.05) is 0 Å². The summed E-state index contributed by atoms with van der Waals surface area (Å²) in [5.41, 5.74) is 5.13. The highest BCUT2D eigenvalue weighted by Gasteiger charge is 2.24. The number of hydrogen-bond donors (Lipinski definition) is 0. The van der Waals surface area contributed by atoms with Crippen LogP contribution in [0.1, 0.15) is 5.56 Å². The fourth-order valence-corrected chi connectivity index (χ4v) is 3.96. The Morgan fingerprint density at radius 3 is 1.37 bits per heavy atom. The molecule has 0 aliphatic carbocycles. The van der Waals surface area contributed by atoms with Gasteiger partial charge in [0.15, 0.2) is 0 Å². The van der Waals surface area contributed by atoms with Gasteiger partial charge in [-0.05, 0) is 48.4 Å². The zero-order chi connectivity index (χ0) is 18.5. The molecule has 3 aromatic carbocycles. The number of nitrogens with zero attached hydrogens (tertiary/aromatic N) is 3. The van der Waals surface area contributed by atoms with Gasteiger partial charge in [-0.25, -0.2) is 0 Å². The van der Waals surface area contributed by atoms with Gasteiger partial charge < -0.3 is 14.7 Å². The first-order valence-corrected chi connectivity index (χ1v) is 10.5. The second-order valence-electron chi connectivity index (χ2n) is 6.82. The van der Waals surface area contributed by atoms with Crippen LogP contribution in [0.4, 0.5) is 17.1 Å². The Hall–Kier alpha value is -2.46. The van der Waals surface area contributed by atoms with Crippen LogP contribution in [0, 0.1) is 0 Å². The van der Waals surface area contributed by atoms with Crippen LogP contribution in [-0.4, -0.2) is 25.3 Å². The third kappa shape index (κ3) is 4.28. The molecule has 0 bridgehead atoms. The molecule has 138 valence electrons. The van der Waals surface area contributed by atoms with Crippen molar-refractivity contribution in [1.82, 2.24) is 0 Å². The molecule has 0 aromatic heterocycles. The summed E-state index contributed by atoms with van der Waals surface area (Å²) in [7, 11) is 0. The molecular formula is C23H24BrN3. The molecule has 0 saturated carbocycles. The van der Waals surface area contributed by atoms with Crippen LogP contribution in [0.3, 0.4) is 0 Å². The molecular weight excluding hydrogens is 398 g/mol. The normalized spacial score (nSPS) is 14.5. The molecule has 0 spiro atoms. The predicted molar refractivity (Wildman–Crippen MR) is 119 cm³/mol. The maximum absolute atomic E-state index is 3.52. The van der Waals surface area contributed by atoms with Crippen LogP contribution < -0.4 is 14.7 Å². The number of alkyl halides is 1. The molecule has 1 aliphatic heterocycles. The average molecular weight is 422 g/mol. The lowest BCUT2D eigenvalue weighted by Crippen LogP contribution is -2.55. The number of para-hydroxylation sites is 2. The molecule has 0 radical (unpaired) electrons. The van der Waals surface area contributed by atoms with E-state index in [4.69, 9.17) is 0 Å². The minimum absolute atomic E-state index is 0.880. The molecule has 1 aliphatic rings. The van der Waals surface area contributed by atoms with Gasteiger partial charge in [0, 0.05) is 22.4 Å². The molecule has 0 unspecified atom stereocenters. The van der Waals surface area contributed by atoms with E-state index in [-0.39, 0.29) is 0 Å². The quantitative estimate of drug-likeness (QED) is 0.515. The smallest absolute Gasteiger partial charge is 0.0937 e. The van der Waals surface area contributed by atoms with Crippen molar-refractivity contribution in [3.8, 4) is 0 Å². The molecule has 27 heavy (non-hydrogen) atoms. The summed E-state index contributed by atoms with van der Waals surface area (Å²) in [5.74, 6) is 0. The summed E-state index contributed by atoms with van der Waals surface area (Å²) in [6.07, 6.45) is 1.06. The van der Waals surface area contributed by atoms with Crippen LogP contribution in [0.5, 0.6) is 0 Å². The fraction of sp³-hybridized carbons (Fsp3) is 0.217. The van der Waals surface area contributed by atoms with Crippen molar-refractivity contribution in [3.63, 3.8) is 0 Å². The van der Waals surface area contributed by atoms with Gasteiger partial charge in [-0.3, -0.25) is 0 Å². The minimum atomic E-state index is 0.880. The van der Waals surface area contributed by atoms with E-state index in [1.54, 1.807) is 0 Å². The Balaban J connectivity index is 1.62. The van der Waals surface area contributed by atoms with E-state index in [2.05, 4.69) is 116 Å². The molecule has 1 saturated heterocycles. The average Bonchev–Trinajstić information content (AvgIpc) is 2.75. The van der Waals surface area contributed by atoms with E-state index in [0.29, 0.717) is 0 Å². The van der Waals surface area contributed by atoms with Crippen molar-refractivity contribution in [3.05, 3.63) is 90.5 Å². The van der Waals surface area contributed by atoms with Gasteiger partial charge in [-0.2, -0.15) is 0 Å². The predicted octanol–water partition coefficient (Wildman–Crippen LogP) is 5.33. The number of anilines is 3. The SMILES string of the molecule is BrCCc1ccc(N2CN(c3ccccc3)CN(c3ccccc3)C2)cc1. The van der Waals surface area contributed by atoms with E-state index in [9.17, 15) is 0 Å². The summed E-state index contributed by atoms with van der Waals surface area (Å²) in [6.45, 7) is 2.64. The number of rotatable bonds is 5. The summed E-state index contributed by atoms with van der Waals surface area (Å²) in [5, 5.41) is 1.000. The number of benzene rings is 3. The number of aryl methyl sites for hydroxylation is 1. The van der Waals surface area contributed by atoms with Crippen molar-refractivity contribution in [2.24, 2.45) is 0 Å². The van der Waals surface area contributed by atoms with Gasteiger partial charge in [-0.1, -0.05) is 64.5 Å². The minimum Gasteiger partial charge on any atom is -0.336 e. The third-order valence-electron chi connectivity index (χ3n) is 4.95. The summed E-state index contributed by atoms with van der Waals surface area (Å²) >= 11 is 3.52. The maximum Gasteiger partial charge on any atom is 0.0937 e.